The van der Waals surface area contributed by atoms with Gasteiger partial charge in [0.2, 0.25) is 0 Å². The molecule has 0 saturated carbocycles. The zero-order valence-electron chi connectivity index (χ0n) is 8.68. The van der Waals surface area contributed by atoms with Gasteiger partial charge in [-0.1, -0.05) is 6.07 Å². The maximum atomic E-state index is 4.28. The molecule has 0 spiro atoms. The minimum atomic E-state index is 0.506. The van der Waals surface area contributed by atoms with E-state index >= 15 is 0 Å². The van der Waals surface area contributed by atoms with E-state index < -0.39 is 0 Å². The van der Waals surface area contributed by atoms with E-state index in [-0.39, 0.29) is 0 Å². The predicted octanol–water partition coefficient (Wildman–Crippen LogP) is 1.59. The van der Waals surface area contributed by atoms with E-state index in [0.29, 0.717) is 6.04 Å². The van der Waals surface area contributed by atoms with Crippen LogP contribution in [0, 0.1) is 0 Å². The first kappa shape index (κ1) is 9.74. The fourth-order valence-electron chi connectivity index (χ4n) is 1.60. The van der Waals surface area contributed by atoms with E-state index in [2.05, 4.69) is 32.0 Å². The molecule has 5 heteroatoms. The SMILES string of the molecule is c1csc(-c2cc(NC3CNC3)ncn2)c1. The number of hydrogen-bond acceptors (Lipinski definition) is 5. The summed E-state index contributed by atoms with van der Waals surface area (Å²) in [6.45, 7) is 2.02. The van der Waals surface area contributed by atoms with Crippen molar-refractivity contribution in [3.8, 4) is 10.6 Å². The molecule has 1 aliphatic rings. The van der Waals surface area contributed by atoms with Crippen molar-refractivity contribution >= 4 is 17.2 Å². The molecule has 2 N–H and O–H groups in total. The highest BCUT2D eigenvalue weighted by Gasteiger charge is 2.16. The van der Waals surface area contributed by atoms with Gasteiger partial charge < -0.3 is 10.6 Å². The molecule has 0 amide bonds. The first-order chi connectivity index (χ1) is 7.92. The first-order valence-electron chi connectivity index (χ1n) is 5.25. The van der Waals surface area contributed by atoms with Gasteiger partial charge in [-0.05, 0) is 11.4 Å². The maximum Gasteiger partial charge on any atom is 0.130 e. The van der Waals surface area contributed by atoms with Crippen LogP contribution in [-0.2, 0) is 0 Å². The first-order valence-corrected chi connectivity index (χ1v) is 6.13. The minimum Gasteiger partial charge on any atom is -0.365 e. The minimum absolute atomic E-state index is 0.506. The zero-order chi connectivity index (χ0) is 10.8. The molecule has 2 aromatic rings. The summed E-state index contributed by atoms with van der Waals surface area (Å²) in [5.41, 5.74) is 0.986. The van der Waals surface area contributed by atoms with Crippen LogP contribution in [0.25, 0.3) is 10.6 Å². The Morgan fingerprint density at radius 2 is 2.31 bits per heavy atom. The van der Waals surface area contributed by atoms with Crippen LogP contribution in [-0.4, -0.2) is 29.1 Å². The molecule has 0 unspecified atom stereocenters. The lowest BCUT2D eigenvalue weighted by Gasteiger charge is -2.28. The van der Waals surface area contributed by atoms with Gasteiger partial charge >= 0.3 is 0 Å². The molecule has 4 nitrogen and oxygen atoms in total. The lowest BCUT2D eigenvalue weighted by Crippen LogP contribution is -2.51. The summed E-state index contributed by atoms with van der Waals surface area (Å²) in [6.07, 6.45) is 1.61. The molecular formula is C11H12N4S. The summed E-state index contributed by atoms with van der Waals surface area (Å²) in [6, 6.07) is 6.61. The van der Waals surface area contributed by atoms with Gasteiger partial charge in [0, 0.05) is 19.2 Å². The third-order valence-corrected chi connectivity index (χ3v) is 3.47. The summed E-state index contributed by atoms with van der Waals surface area (Å²) in [5, 5.41) is 8.65. The Hall–Kier alpha value is -1.46. The molecule has 0 bridgehead atoms. The van der Waals surface area contributed by atoms with Crippen LogP contribution in [0.1, 0.15) is 0 Å². The fraction of sp³-hybridized carbons (Fsp3) is 0.273. The Morgan fingerprint density at radius 3 is 3.00 bits per heavy atom. The molecule has 0 radical (unpaired) electrons. The van der Waals surface area contributed by atoms with Gasteiger partial charge in [0.05, 0.1) is 16.6 Å². The van der Waals surface area contributed by atoms with Crippen molar-refractivity contribution in [1.82, 2.24) is 15.3 Å². The lowest BCUT2D eigenvalue weighted by molar-refractivity contribution is 0.471. The van der Waals surface area contributed by atoms with Crippen molar-refractivity contribution in [1.29, 1.82) is 0 Å². The number of aromatic nitrogens is 2. The Labute approximate surface area is 97.8 Å². The van der Waals surface area contributed by atoms with Crippen LogP contribution in [0.2, 0.25) is 0 Å². The number of nitrogens with one attached hydrogen (secondary N) is 2. The molecule has 0 atom stereocenters. The van der Waals surface area contributed by atoms with Gasteiger partial charge in [-0.25, -0.2) is 9.97 Å². The molecule has 0 aromatic carbocycles. The normalized spacial score (nSPS) is 15.8. The average molecular weight is 232 g/mol. The highest BCUT2D eigenvalue weighted by Crippen LogP contribution is 2.23. The van der Waals surface area contributed by atoms with E-state index in [0.717, 1.165) is 24.6 Å². The van der Waals surface area contributed by atoms with E-state index in [4.69, 9.17) is 0 Å². The van der Waals surface area contributed by atoms with Crippen LogP contribution in [0.5, 0.6) is 0 Å². The van der Waals surface area contributed by atoms with E-state index in [9.17, 15) is 0 Å². The lowest BCUT2D eigenvalue weighted by atomic mass is 10.2. The molecule has 3 rings (SSSR count). The van der Waals surface area contributed by atoms with Crippen LogP contribution >= 0.6 is 11.3 Å². The molecule has 2 aromatic heterocycles. The monoisotopic (exact) mass is 232 g/mol. The third kappa shape index (κ3) is 1.91. The van der Waals surface area contributed by atoms with Gasteiger partial charge in [-0.3, -0.25) is 0 Å². The second kappa shape index (κ2) is 4.19. The summed E-state index contributed by atoms with van der Waals surface area (Å²) in [7, 11) is 0. The van der Waals surface area contributed by atoms with Crippen molar-refractivity contribution in [2.75, 3.05) is 18.4 Å². The number of nitrogens with zero attached hydrogens (tertiary/aromatic N) is 2. The van der Waals surface area contributed by atoms with Crippen LogP contribution in [0.15, 0.2) is 29.9 Å². The van der Waals surface area contributed by atoms with Crippen molar-refractivity contribution < 1.29 is 0 Å². The van der Waals surface area contributed by atoms with Gasteiger partial charge in [0.25, 0.3) is 0 Å². The Balaban J connectivity index is 1.82. The predicted molar refractivity (Wildman–Crippen MR) is 65.6 cm³/mol. The number of hydrogen-bond donors (Lipinski definition) is 2. The second-order valence-corrected chi connectivity index (χ2v) is 4.71. The van der Waals surface area contributed by atoms with Crippen molar-refractivity contribution in [3.63, 3.8) is 0 Å². The number of anilines is 1. The average Bonchev–Trinajstić information content (AvgIpc) is 2.77. The van der Waals surface area contributed by atoms with Crippen molar-refractivity contribution in [3.05, 3.63) is 29.9 Å². The molecule has 16 heavy (non-hydrogen) atoms. The molecule has 3 heterocycles. The van der Waals surface area contributed by atoms with Gasteiger partial charge in [0.1, 0.15) is 12.1 Å². The van der Waals surface area contributed by atoms with E-state index in [1.807, 2.05) is 12.1 Å². The van der Waals surface area contributed by atoms with Crippen molar-refractivity contribution in [2.24, 2.45) is 0 Å². The molecule has 82 valence electrons. The second-order valence-electron chi connectivity index (χ2n) is 3.77. The Kier molecular flexibility index (Phi) is 2.55. The summed E-state index contributed by atoms with van der Waals surface area (Å²) >= 11 is 1.69. The van der Waals surface area contributed by atoms with Crippen molar-refractivity contribution in [2.45, 2.75) is 6.04 Å². The Morgan fingerprint density at radius 1 is 1.38 bits per heavy atom. The van der Waals surface area contributed by atoms with Crippen LogP contribution in [0.3, 0.4) is 0 Å². The molecule has 0 aliphatic carbocycles. The summed E-state index contributed by atoms with van der Waals surface area (Å²) in [4.78, 5) is 9.68. The molecule has 1 aliphatic heterocycles. The standard InChI is InChI=1S/C11H12N4S/c1-2-10(16-3-1)9-4-11(14-7-13-9)15-8-5-12-6-8/h1-4,7-8,12H,5-6H2,(H,13,14,15). The Bertz CT molecular complexity index is 465. The maximum absolute atomic E-state index is 4.28. The van der Waals surface area contributed by atoms with Crippen LogP contribution in [0.4, 0.5) is 5.82 Å². The molecule has 1 saturated heterocycles. The summed E-state index contributed by atoms with van der Waals surface area (Å²) < 4.78 is 0. The number of thiophene rings is 1. The highest BCUT2D eigenvalue weighted by atomic mass is 32.1. The van der Waals surface area contributed by atoms with Gasteiger partial charge in [-0.2, -0.15) is 0 Å². The van der Waals surface area contributed by atoms with Gasteiger partial charge in [0.15, 0.2) is 0 Å². The van der Waals surface area contributed by atoms with Gasteiger partial charge in [-0.15, -0.1) is 11.3 Å². The van der Waals surface area contributed by atoms with Crippen LogP contribution < -0.4 is 10.6 Å². The largest absolute Gasteiger partial charge is 0.365 e. The fourth-order valence-corrected chi connectivity index (χ4v) is 2.29. The number of rotatable bonds is 3. The van der Waals surface area contributed by atoms with E-state index in [1.54, 1.807) is 17.7 Å². The topological polar surface area (TPSA) is 49.8 Å². The van der Waals surface area contributed by atoms with E-state index in [1.165, 1.54) is 4.88 Å². The molecule has 1 fully saturated rings. The quantitative estimate of drug-likeness (QED) is 0.843. The third-order valence-electron chi connectivity index (χ3n) is 2.57. The zero-order valence-corrected chi connectivity index (χ0v) is 9.50. The summed E-state index contributed by atoms with van der Waals surface area (Å²) in [5.74, 6) is 0.907. The molecular weight excluding hydrogens is 220 g/mol. The highest BCUT2D eigenvalue weighted by molar-refractivity contribution is 7.13. The smallest absolute Gasteiger partial charge is 0.130 e.